The molecule has 0 fully saturated rings. The van der Waals surface area contributed by atoms with E-state index in [1.807, 2.05) is 6.92 Å². The molecule has 0 aliphatic carbocycles. The maximum Gasteiger partial charge on any atom is 0.330 e. The van der Waals surface area contributed by atoms with Crippen LogP contribution in [0.5, 0.6) is 5.75 Å². The van der Waals surface area contributed by atoms with E-state index in [2.05, 4.69) is 0 Å². The maximum absolute atomic E-state index is 11.4. The van der Waals surface area contributed by atoms with E-state index < -0.39 is 0 Å². The molecule has 1 aromatic carbocycles. The van der Waals surface area contributed by atoms with Gasteiger partial charge < -0.3 is 9.47 Å². The SMILES string of the molecule is CCOC(=O)/C=C/COc1ccc(C(=O)CC)cc1. The number of ketones is 1. The lowest BCUT2D eigenvalue weighted by atomic mass is 10.1. The molecule has 19 heavy (non-hydrogen) atoms. The first kappa shape index (κ1) is 15.0. The van der Waals surface area contributed by atoms with Crippen LogP contribution in [0.4, 0.5) is 0 Å². The third kappa shape index (κ3) is 5.38. The molecular weight excluding hydrogens is 244 g/mol. The molecule has 4 heteroatoms. The van der Waals surface area contributed by atoms with E-state index in [0.717, 1.165) is 0 Å². The molecule has 4 nitrogen and oxygen atoms in total. The highest BCUT2D eigenvalue weighted by atomic mass is 16.5. The van der Waals surface area contributed by atoms with Crippen molar-refractivity contribution < 1.29 is 19.1 Å². The summed E-state index contributed by atoms with van der Waals surface area (Å²) < 4.78 is 10.1. The predicted octanol–water partition coefficient (Wildman–Crippen LogP) is 2.78. The molecule has 0 saturated heterocycles. The van der Waals surface area contributed by atoms with Crippen LogP contribution in [-0.4, -0.2) is 25.0 Å². The summed E-state index contributed by atoms with van der Waals surface area (Å²) in [7, 11) is 0. The van der Waals surface area contributed by atoms with E-state index in [4.69, 9.17) is 9.47 Å². The van der Waals surface area contributed by atoms with Gasteiger partial charge in [0.25, 0.3) is 0 Å². The molecule has 1 rings (SSSR count). The summed E-state index contributed by atoms with van der Waals surface area (Å²) in [6.45, 7) is 4.21. The number of benzene rings is 1. The number of carbonyl (C=O) groups excluding carboxylic acids is 2. The van der Waals surface area contributed by atoms with Crippen LogP contribution < -0.4 is 4.74 Å². The molecule has 0 aliphatic heterocycles. The van der Waals surface area contributed by atoms with Gasteiger partial charge in [0.2, 0.25) is 0 Å². The van der Waals surface area contributed by atoms with E-state index in [1.165, 1.54) is 6.08 Å². The molecule has 0 heterocycles. The summed E-state index contributed by atoms with van der Waals surface area (Å²) in [6.07, 6.45) is 3.41. The molecule has 0 radical (unpaired) electrons. The van der Waals surface area contributed by atoms with Crippen molar-refractivity contribution in [3.05, 3.63) is 42.0 Å². The van der Waals surface area contributed by atoms with Crippen LogP contribution in [0, 0.1) is 0 Å². The van der Waals surface area contributed by atoms with Crippen LogP contribution in [0.3, 0.4) is 0 Å². The summed E-state index contributed by atoms with van der Waals surface area (Å²) in [4.78, 5) is 22.4. The highest BCUT2D eigenvalue weighted by Gasteiger charge is 2.02. The van der Waals surface area contributed by atoms with Crippen LogP contribution in [0.1, 0.15) is 30.6 Å². The Morgan fingerprint density at radius 2 is 1.84 bits per heavy atom. The van der Waals surface area contributed by atoms with Gasteiger partial charge in [0.1, 0.15) is 12.4 Å². The summed E-state index contributed by atoms with van der Waals surface area (Å²) in [5.74, 6) is 0.380. The molecule has 102 valence electrons. The maximum atomic E-state index is 11.4. The van der Waals surface area contributed by atoms with Crippen LogP contribution in [0.25, 0.3) is 0 Å². The fraction of sp³-hybridized carbons (Fsp3) is 0.333. The van der Waals surface area contributed by atoms with Gasteiger partial charge in [-0.15, -0.1) is 0 Å². The minimum atomic E-state index is -0.380. The van der Waals surface area contributed by atoms with Gasteiger partial charge in [-0.1, -0.05) is 6.92 Å². The fourth-order valence-corrected chi connectivity index (χ4v) is 1.42. The second-order valence-corrected chi connectivity index (χ2v) is 3.77. The number of hydrogen-bond acceptors (Lipinski definition) is 4. The van der Waals surface area contributed by atoms with Crippen molar-refractivity contribution in [2.45, 2.75) is 20.3 Å². The lowest BCUT2D eigenvalue weighted by Gasteiger charge is -2.04. The number of rotatable bonds is 7. The number of ether oxygens (including phenoxy) is 2. The Balaban J connectivity index is 2.42. The Labute approximate surface area is 113 Å². The van der Waals surface area contributed by atoms with Crippen LogP contribution in [-0.2, 0) is 9.53 Å². The van der Waals surface area contributed by atoms with Gasteiger partial charge in [0.15, 0.2) is 5.78 Å². The first-order valence-electron chi connectivity index (χ1n) is 6.26. The summed E-state index contributed by atoms with van der Waals surface area (Å²) >= 11 is 0. The second kappa shape index (κ2) is 8.08. The second-order valence-electron chi connectivity index (χ2n) is 3.77. The molecular formula is C15H18O4. The van der Waals surface area contributed by atoms with E-state index in [0.29, 0.717) is 24.3 Å². The van der Waals surface area contributed by atoms with Gasteiger partial charge in [0, 0.05) is 18.1 Å². The number of Topliss-reactive ketones (excluding diaryl/α,β-unsaturated/α-hetero) is 1. The summed E-state index contributed by atoms with van der Waals surface area (Å²) in [5.41, 5.74) is 0.678. The zero-order chi connectivity index (χ0) is 14.1. The van der Waals surface area contributed by atoms with Gasteiger partial charge in [-0.25, -0.2) is 4.79 Å². The topological polar surface area (TPSA) is 52.6 Å². The monoisotopic (exact) mass is 262 g/mol. The molecule has 0 spiro atoms. The van der Waals surface area contributed by atoms with E-state index in [-0.39, 0.29) is 18.4 Å². The molecule has 0 aromatic heterocycles. The quantitative estimate of drug-likeness (QED) is 0.431. The Morgan fingerprint density at radius 1 is 1.16 bits per heavy atom. The lowest BCUT2D eigenvalue weighted by molar-refractivity contribution is -0.137. The van der Waals surface area contributed by atoms with Gasteiger partial charge >= 0.3 is 5.97 Å². The van der Waals surface area contributed by atoms with E-state index in [9.17, 15) is 9.59 Å². The molecule has 0 amide bonds. The van der Waals surface area contributed by atoms with Crippen molar-refractivity contribution in [3.63, 3.8) is 0 Å². The molecule has 0 saturated carbocycles. The van der Waals surface area contributed by atoms with Crippen molar-refractivity contribution in [2.75, 3.05) is 13.2 Å². The number of hydrogen-bond donors (Lipinski definition) is 0. The molecule has 0 bridgehead atoms. The average molecular weight is 262 g/mol. The van der Waals surface area contributed by atoms with E-state index in [1.54, 1.807) is 37.3 Å². The first-order chi connectivity index (χ1) is 9.17. The molecule has 0 unspecified atom stereocenters. The van der Waals surface area contributed by atoms with Gasteiger partial charge in [-0.05, 0) is 37.3 Å². The van der Waals surface area contributed by atoms with Crippen molar-refractivity contribution in [1.29, 1.82) is 0 Å². The highest BCUT2D eigenvalue weighted by Crippen LogP contribution is 2.13. The minimum absolute atomic E-state index is 0.105. The third-order valence-electron chi connectivity index (χ3n) is 2.38. The molecule has 0 atom stereocenters. The van der Waals surface area contributed by atoms with Crippen LogP contribution >= 0.6 is 0 Å². The smallest absolute Gasteiger partial charge is 0.330 e. The predicted molar refractivity (Wildman–Crippen MR) is 72.3 cm³/mol. The minimum Gasteiger partial charge on any atom is -0.490 e. The van der Waals surface area contributed by atoms with Crippen molar-refractivity contribution in [2.24, 2.45) is 0 Å². The average Bonchev–Trinajstić information content (AvgIpc) is 2.44. The van der Waals surface area contributed by atoms with E-state index >= 15 is 0 Å². The first-order valence-corrected chi connectivity index (χ1v) is 6.26. The third-order valence-corrected chi connectivity index (χ3v) is 2.38. The Kier molecular flexibility index (Phi) is 6.36. The highest BCUT2D eigenvalue weighted by molar-refractivity contribution is 5.95. The zero-order valence-electron chi connectivity index (χ0n) is 11.2. The Bertz CT molecular complexity index is 446. The van der Waals surface area contributed by atoms with Crippen LogP contribution in [0.2, 0.25) is 0 Å². The Morgan fingerprint density at radius 3 is 2.42 bits per heavy atom. The lowest BCUT2D eigenvalue weighted by Crippen LogP contribution is -2.01. The number of esters is 1. The normalized spacial score (nSPS) is 10.4. The van der Waals surface area contributed by atoms with Crippen molar-refractivity contribution in [3.8, 4) is 5.75 Å². The van der Waals surface area contributed by atoms with Gasteiger partial charge in [-0.2, -0.15) is 0 Å². The number of carbonyl (C=O) groups is 2. The van der Waals surface area contributed by atoms with Gasteiger partial charge in [-0.3, -0.25) is 4.79 Å². The Hall–Kier alpha value is -2.10. The van der Waals surface area contributed by atoms with Crippen molar-refractivity contribution >= 4 is 11.8 Å². The standard InChI is InChI=1S/C15H18O4/c1-3-14(16)12-7-9-13(10-8-12)19-11-5-6-15(17)18-4-2/h5-10H,3-4,11H2,1-2H3/b6-5+. The molecule has 1 aromatic rings. The fourth-order valence-electron chi connectivity index (χ4n) is 1.42. The van der Waals surface area contributed by atoms with Gasteiger partial charge in [0.05, 0.1) is 6.61 Å². The van der Waals surface area contributed by atoms with Crippen molar-refractivity contribution in [1.82, 2.24) is 0 Å². The largest absolute Gasteiger partial charge is 0.490 e. The van der Waals surface area contributed by atoms with Crippen LogP contribution in [0.15, 0.2) is 36.4 Å². The summed E-state index contributed by atoms with van der Waals surface area (Å²) in [6, 6.07) is 6.94. The zero-order valence-corrected chi connectivity index (χ0v) is 11.2. The molecule has 0 aliphatic rings. The molecule has 0 N–H and O–H groups in total. The summed E-state index contributed by atoms with van der Waals surface area (Å²) in [5, 5.41) is 0.